The third-order valence-corrected chi connectivity index (χ3v) is 3.27. The zero-order valence-electron chi connectivity index (χ0n) is 12.0. The normalized spacial score (nSPS) is 11.4. The van der Waals surface area contributed by atoms with Gasteiger partial charge in [0.15, 0.2) is 5.69 Å². The third-order valence-electron chi connectivity index (χ3n) is 3.27. The molecule has 3 rings (SSSR count). The zero-order chi connectivity index (χ0) is 15.0. The molecular formula is C16H17N3O2. The van der Waals surface area contributed by atoms with Crippen molar-refractivity contribution in [2.24, 2.45) is 11.7 Å². The molecule has 3 aromatic rings. The Hall–Kier alpha value is -2.56. The molecule has 0 bridgehead atoms. The zero-order valence-corrected chi connectivity index (χ0v) is 12.0. The van der Waals surface area contributed by atoms with Crippen LogP contribution in [-0.2, 0) is 0 Å². The summed E-state index contributed by atoms with van der Waals surface area (Å²) in [6, 6.07) is 9.68. The van der Waals surface area contributed by atoms with E-state index in [4.69, 9.17) is 10.5 Å². The number of carbonyl (C=O) groups is 1. The number of ether oxygens (including phenoxy) is 1. The number of amides is 1. The van der Waals surface area contributed by atoms with Gasteiger partial charge in [-0.3, -0.25) is 4.79 Å². The maximum Gasteiger partial charge on any atom is 0.269 e. The van der Waals surface area contributed by atoms with Gasteiger partial charge in [0.1, 0.15) is 0 Å². The van der Waals surface area contributed by atoms with E-state index in [1.54, 1.807) is 0 Å². The van der Waals surface area contributed by atoms with Gasteiger partial charge in [0.05, 0.1) is 12.1 Å². The van der Waals surface area contributed by atoms with E-state index in [1.165, 1.54) is 0 Å². The molecule has 0 spiro atoms. The second-order valence-electron chi connectivity index (χ2n) is 5.47. The summed E-state index contributed by atoms with van der Waals surface area (Å²) in [6.07, 6.45) is 0. The molecule has 5 heteroatoms. The molecule has 0 unspecified atom stereocenters. The number of nitrogens with zero attached hydrogens (tertiary/aromatic N) is 1. The number of nitrogens with one attached hydrogen (secondary N) is 1. The standard InChI is InChI=1S/C16H17N3O2/c1-9(2)8-21-13-7-11-10-5-3-4-6-12(10)18-14(11)15(19-13)16(17)20/h3-7,9,18H,8H2,1-2H3,(H2,17,20). The van der Waals surface area contributed by atoms with Crippen LogP contribution in [0.5, 0.6) is 5.88 Å². The van der Waals surface area contributed by atoms with Crippen LogP contribution in [0.4, 0.5) is 0 Å². The number of para-hydroxylation sites is 1. The molecule has 2 heterocycles. The van der Waals surface area contributed by atoms with Crippen molar-refractivity contribution in [2.75, 3.05) is 6.61 Å². The summed E-state index contributed by atoms with van der Waals surface area (Å²) >= 11 is 0. The molecular weight excluding hydrogens is 266 g/mol. The first-order valence-electron chi connectivity index (χ1n) is 6.90. The van der Waals surface area contributed by atoms with Crippen molar-refractivity contribution >= 4 is 27.7 Å². The van der Waals surface area contributed by atoms with E-state index in [9.17, 15) is 4.79 Å². The Labute approximate surface area is 122 Å². The molecule has 1 aromatic carbocycles. The largest absolute Gasteiger partial charge is 0.477 e. The molecule has 0 fully saturated rings. The molecule has 0 radical (unpaired) electrons. The van der Waals surface area contributed by atoms with Gasteiger partial charge in [-0.25, -0.2) is 4.98 Å². The first-order valence-corrected chi connectivity index (χ1v) is 6.90. The summed E-state index contributed by atoms with van der Waals surface area (Å²) in [5.74, 6) is 0.235. The van der Waals surface area contributed by atoms with Gasteiger partial charge >= 0.3 is 0 Å². The average Bonchev–Trinajstić information content (AvgIpc) is 2.82. The van der Waals surface area contributed by atoms with E-state index in [1.807, 2.05) is 30.3 Å². The van der Waals surface area contributed by atoms with Crippen molar-refractivity contribution in [1.82, 2.24) is 9.97 Å². The number of aromatic amines is 1. The van der Waals surface area contributed by atoms with E-state index < -0.39 is 5.91 Å². The second kappa shape index (κ2) is 5.09. The molecule has 0 saturated carbocycles. The van der Waals surface area contributed by atoms with Crippen molar-refractivity contribution in [3.63, 3.8) is 0 Å². The van der Waals surface area contributed by atoms with Gasteiger partial charge in [0.25, 0.3) is 5.91 Å². The van der Waals surface area contributed by atoms with Crippen LogP contribution in [0.25, 0.3) is 21.8 Å². The number of rotatable bonds is 4. The summed E-state index contributed by atoms with van der Waals surface area (Å²) in [6.45, 7) is 4.65. The molecule has 21 heavy (non-hydrogen) atoms. The Morgan fingerprint density at radius 1 is 1.33 bits per heavy atom. The number of benzene rings is 1. The van der Waals surface area contributed by atoms with Gasteiger partial charge in [0.2, 0.25) is 5.88 Å². The fourth-order valence-corrected chi connectivity index (χ4v) is 2.33. The molecule has 1 amide bonds. The molecule has 3 N–H and O–H groups in total. The van der Waals surface area contributed by atoms with Gasteiger partial charge in [-0.2, -0.15) is 0 Å². The first kappa shape index (κ1) is 13.4. The Bertz CT molecular complexity index is 821. The Balaban J connectivity index is 2.23. The summed E-state index contributed by atoms with van der Waals surface area (Å²) in [4.78, 5) is 19.1. The lowest BCUT2D eigenvalue weighted by atomic mass is 10.1. The second-order valence-corrected chi connectivity index (χ2v) is 5.47. The highest BCUT2D eigenvalue weighted by Gasteiger charge is 2.16. The van der Waals surface area contributed by atoms with E-state index in [2.05, 4.69) is 23.8 Å². The lowest BCUT2D eigenvalue weighted by Crippen LogP contribution is -2.15. The Morgan fingerprint density at radius 3 is 2.81 bits per heavy atom. The molecule has 5 nitrogen and oxygen atoms in total. The highest BCUT2D eigenvalue weighted by molar-refractivity contribution is 6.13. The lowest BCUT2D eigenvalue weighted by molar-refractivity contribution is 0.0996. The molecule has 0 aliphatic carbocycles. The van der Waals surface area contributed by atoms with Gasteiger partial charge in [0, 0.05) is 22.4 Å². The maximum absolute atomic E-state index is 11.7. The summed E-state index contributed by atoms with van der Waals surface area (Å²) in [5, 5.41) is 1.92. The highest BCUT2D eigenvalue weighted by atomic mass is 16.5. The molecule has 0 aliphatic heterocycles. The highest BCUT2D eigenvalue weighted by Crippen LogP contribution is 2.29. The van der Waals surface area contributed by atoms with Gasteiger partial charge in [-0.15, -0.1) is 0 Å². The predicted octanol–water partition coefficient (Wildman–Crippen LogP) is 2.85. The first-order chi connectivity index (χ1) is 10.1. The van der Waals surface area contributed by atoms with Crippen LogP contribution in [0.15, 0.2) is 30.3 Å². The van der Waals surface area contributed by atoms with E-state index in [0.717, 1.165) is 16.3 Å². The van der Waals surface area contributed by atoms with Crippen LogP contribution in [0.2, 0.25) is 0 Å². The number of fused-ring (bicyclic) bond motifs is 3. The molecule has 0 saturated heterocycles. The van der Waals surface area contributed by atoms with Crippen molar-refractivity contribution in [1.29, 1.82) is 0 Å². The minimum absolute atomic E-state index is 0.211. The predicted molar refractivity (Wildman–Crippen MR) is 82.5 cm³/mol. The molecule has 108 valence electrons. The van der Waals surface area contributed by atoms with Crippen LogP contribution in [0, 0.1) is 5.92 Å². The number of primary amides is 1. The number of hydrogen-bond acceptors (Lipinski definition) is 3. The summed E-state index contributed by atoms with van der Waals surface area (Å²) in [5.41, 5.74) is 7.26. The maximum atomic E-state index is 11.7. The molecule has 0 aliphatic rings. The fourth-order valence-electron chi connectivity index (χ4n) is 2.33. The third kappa shape index (κ3) is 2.42. The van der Waals surface area contributed by atoms with Crippen molar-refractivity contribution in [3.05, 3.63) is 36.0 Å². The van der Waals surface area contributed by atoms with E-state index in [-0.39, 0.29) is 5.69 Å². The number of hydrogen-bond donors (Lipinski definition) is 2. The van der Waals surface area contributed by atoms with Gasteiger partial charge in [-0.05, 0) is 12.0 Å². The van der Waals surface area contributed by atoms with Crippen molar-refractivity contribution in [3.8, 4) is 5.88 Å². The van der Waals surface area contributed by atoms with Crippen LogP contribution in [0.1, 0.15) is 24.3 Å². The van der Waals surface area contributed by atoms with Crippen LogP contribution < -0.4 is 10.5 Å². The van der Waals surface area contributed by atoms with Gasteiger partial charge < -0.3 is 15.5 Å². The van der Waals surface area contributed by atoms with Crippen molar-refractivity contribution < 1.29 is 9.53 Å². The topological polar surface area (TPSA) is 81.0 Å². The average molecular weight is 283 g/mol. The SMILES string of the molecule is CC(C)COc1cc2c([nH]c3ccccc32)c(C(N)=O)n1. The number of carbonyl (C=O) groups excluding carboxylic acids is 1. The van der Waals surface area contributed by atoms with Crippen molar-refractivity contribution in [2.45, 2.75) is 13.8 Å². The molecule has 0 atom stereocenters. The minimum atomic E-state index is -0.568. The van der Waals surface area contributed by atoms with Crippen LogP contribution in [-0.4, -0.2) is 22.5 Å². The van der Waals surface area contributed by atoms with Crippen LogP contribution in [0.3, 0.4) is 0 Å². The number of nitrogens with two attached hydrogens (primary N) is 1. The number of pyridine rings is 1. The quantitative estimate of drug-likeness (QED) is 0.772. The van der Waals surface area contributed by atoms with Crippen LogP contribution >= 0.6 is 0 Å². The monoisotopic (exact) mass is 283 g/mol. The van der Waals surface area contributed by atoms with E-state index >= 15 is 0 Å². The Kier molecular flexibility index (Phi) is 3.25. The lowest BCUT2D eigenvalue weighted by Gasteiger charge is -2.09. The fraction of sp³-hybridized carbons (Fsp3) is 0.250. The summed E-state index contributed by atoms with van der Waals surface area (Å²) in [7, 11) is 0. The summed E-state index contributed by atoms with van der Waals surface area (Å²) < 4.78 is 5.65. The molecule has 2 aromatic heterocycles. The number of aromatic nitrogens is 2. The van der Waals surface area contributed by atoms with E-state index in [0.29, 0.717) is 23.9 Å². The number of H-pyrrole nitrogens is 1. The van der Waals surface area contributed by atoms with Gasteiger partial charge in [-0.1, -0.05) is 32.0 Å². The smallest absolute Gasteiger partial charge is 0.269 e. The minimum Gasteiger partial charge on any atom is -0.477 e. The Morgan fingerprint density at radius 2 is 2.10 bits per heavy atom.